The Balaban J connectivity index is 2.11. The van der Waals surface area contributed by atoms with E-state index in [1.807, 2.05) is 0 Å². The summed E-state index contributed by atoms with van der Waals surface area (Å²) in [6.45, 7) is 0. The molecule has 1 aliphatic rings. The second-order valence-electron chi connectivity index (χ2n) is 3.83. The van der Waals surface area contributed by atoms with Crippen molar-refractivity contribution in [3.8, 4) is 12.0 Å². The molecule has 1 unspecified atom stereocenters. The SMILES string of the molecule is COc1nc(CC(O)C2CC2)nc(OC)n1. The van der Waals surface area contributed by atoms with Crippen LogP contribution in [0.25, 0.3) is 0 Å². The summed E-state index contributed by atoms with van der Waals surface area (Å²) in [6.07, 6.45) is 2.21. The lowest BCUT2D eigenvalue weighted by molar-refractivity contribution is 0.148. The third-order valence-corrected chi connectivity index (χ3v) is 2.56. The Labute approximate surface area is 93.7 Å². The van der Waals surface area contributed by atoms with Gasteiger partial charge in [-0.1, -0.05) is 0 Å². The Morgan fingerprint density at radius 2 is 1.75 bits per heavy atom. The Morgan fingerprint density at radius 3 is 2.19 bits per heavy atom. The Morgan fingerprint density at radius 1 is 1.19 bits per heavy atom. The first-order valence-electron chi connectivity index (χ1n) is 5.24. The lowest BCUT2D eigenvalue weighted by atomic mass is 10.1. The molecule has 0 spiro atoms. The average molecular weight is 225 g/mol. The van der Waals surface area contributed by atoms with Crippen LogP contribution in [0.15, 0.2) is 0 Å². The number of hydrogen-bond acceptors (Lipinski definition) is 6. The Hall–Kier alpha value is -1.43. The van der Waals surface area contributed by atoms with Crippen LogP contribution in [0.2, 0.25) is 0 Å². The summed E-state index contributed by atoms with van der Waals surface area (Å²) in [7, 11) is 2.96. The number of ether oxygens (including phenoxy) is 2. The van der Waals surface area contributed by atoms with Gasteiger partial charge < -0.3 is 14.6 Å². The van der Waals surface area contributed by atoms with Crippen molar-refractivity contribution in [2.24, 2.45) is 5.92 Å². The zero-order chi connectivity index (χ0) is 11.5. The van der Waals surface area contributed by atoms with Gasteiger partial charge in [-0.25, -0.2) is 0 Å². The highest BCUT2D eigenvalue weighted by Gasteiger charge is 2.30. The van der Waals surface area contributed by atoms with Crippen molar-refractivity contribution < 1.29 is 14.6 Å². The van der Waals surface area contributed by atoms with Crippen LogP contribution in [-0.4, -0.2) is 40.4 Å². The summed E-state index contributed by atoms with van der Waals surface area (Å²) >= 11 is 0. The maximum Gasteiger partial charge on any atom is 0.322 e. The fraction of sp³-hybridized carbons (Fsp3) is 0.700. The number of rotatable bonds is 5. The van der Waals surface area contributed by atoms with Crippen LogP contribution in [0.4, 0.5) is 0 Å². The van der Waals surface area contributed by atoms with Crippen LogP contribution in [-0.2, 0) is 6.42 Å². The van der Waals surface area contributed by atoms with E-state index in [1.165, 1.54) is 14.2 Å². The molecule has 1 saturated carbocycles. The van der Waals surface area contributed by atoms with Gasteiger partial charge in [0.05, 0.1) is 20.3 Å². The molecule has 0 aliphatic heterocycles. The predicted octanol–water partition coefficient (Wildman–Crippen LogP) is 0.202. The summed E-state index contributed by atoms with van der Waals surface area (Å²) in [4.78, 5) is 12.0. The zero-order valence-electron chi connectivity index (χ0n) is 9.38. The molecule has 6 heteroatoms. The van der Waals surface area contributed by atoms with E-state index >= 15 is 0 Å². The predicted molar refractivity (Wildman–Crippen MR) is 55.4 cm³/mol. The lowest BCUT2D eigenvalue weighted by Gasteiger charge is -2.09. The molecule has 2 rings (SSSR count). The molecule has 0 amide bonds. The number of aromatic nitrogens is 3. The first-order valence-corrected chi connectivity index (χ1v) is 5.24. The summed E-state index contributed by atoms with van der Waals surface area (Å²) < 4.78 is 9.86. The van der Waals surface area contributed by atoms with Crippen molar-refractivity contribution in [1.82, 2.24) is 15.0 Å². The number of aliphatic hydroxyl groups is 1. The minimum absolute atomic E-state index is 0.213. The van der Waals surface area contributed by atoms with Gasteiger partial charge in [0.1, 0.15) is 5.82 Å². The minimum atomic E-state index is -0.378. The lowest BCUT2D eigenvalue weighted by Crippen LogP contribution is -2.16. The van der Waals surface area contributed by atoms with Crippen molar-refractivity contribution in [1.29, 1.82) is 0 Å². The zero-order valence-corrected chi connectivity index (χ0v) is 9.38. The van der Waals surface area contributed by atoms with Gasteiger partial charge in [-0.05, 0) is 18.8 Å². The van der Waals surface area contributed by atoms with Gasteiger partial charge in [0, 0.05) is 6.42 Å². The molecule has 6 nitrogen and oxygen atoms in total. The van der Waals surface area contributed by atoms with Crippen molar-refractivity contribution in [3.05, 3.63) is 5.82 Å². The second kappa shape index (κ2) is 4.61. The number of nitrogens with zero attached hydrogens (tertiary/aromatic N) is 3. The van der Waals surface area contributed by atoms with E-state index in [2.05, 4.69) is 15.0 Å². The molecule has 1 N–H and O–H groups in total. The highest BCUT2D eigenvalue weighted by Crippen LogP contribution is 2.33. The second-order valence-corrected chi connectivity index (χ2v) is 3.83. The molecule has 1 heterocycles. The molecule has 1 aliphatic carbocycles. The standard InChI is InChI=1S/C10H15N3O3/c1-15-9-11-8(12-10(13-9)16-2)5-7(14)6-3-4-6/h6-7,14H,3-5H2,1-2H3. The summed E-state index contributed by atoms with van der Waals surface area (Å²) in [5, 5.41) is 9.79. The fourth-order valence-electron chi connectivity index (χ4n) is 1.49. The average Bonchev–Trinajstić information content (AvgIpc) is 3.12. The van der Waals surface area contributed by atoms with E-state index in [0.717, 1.165) is 12.8 Å². The largest absolute Gasteiger partial charge is 0.467 e. The molecular formula is C10H15N3O3. The number of aliphatic hydroxyl groups excluding tert-OH is 1. The van der Waals surface area contributed by atoms with E-state index in [1.54, 1.807) is 0 Å². The molecule has 1 fully saturated rings. The van der Waals surface area contributed by atoms with Crippen LogP contribution in [0.3, 0.4) is 0 Å². The molecule has 1 atom stereocenters. The van der Waals surface area contributed by atoms with Crippen LogP contribution in [0.1, 0.15) is 18.7 Å². The number of methoxy groups -OCH3 is 2. The van der Waals surface area contributed by atoms with Gasteiger partial charge in [-0.3, -0.25) is 0 Å². The van der Waals surface area contributed by atoms with Crippen molar-refractivity contribution >= 4 is 0 Å². The van der Waals surface area contributed by atoms with Gasteiger partial charge >= 0.3 is 12.0 Å². The van der Waals surface area contributed by atoms with Crippen LogP contribution in [0, 0.1) is 5.92 Å². The molecule has 0 aromatic carbocycles. The van der Waals surface area contributed by atoms with Crippen LogP contribution in [0.5, 0.6) is 12.0 Å². The van der Waals surface area contributed by atoms with Gasteiger partial charge in [-0.15, -0.1) is 4.98 Å². The topological polar surface area (TPSA) is 77.4 Å². The maximum absolute atomic E-state index is 9.79. The third kappa shape index (κ3) is 2.57. The first-order chi connectivity index (χ1) is 7.72. The van der Waals surface area contributed by atoms with Crippen LogP contribution >= 0.6 is 0 Å². The Bertz CT molecular complexity index is 346. The highest BCUT2D eigenvalue weighted by molar-refractivity contribution is 5.06. The smallest absolute Gasteiger partial charge is 0.322 e. The molecule has 1 aromatic rings. The highest BCUT2D eigenvalue weighted by atomic mass is 16.5. The Kier molecular flexibility index (Phi) is 3.19. The van der Waals surface area contributed by atoms with Crippen LogP contribution < -0.4 is 9.47 Å². The first kappa shape index (κ1) is 11.1. The van der Waals surface area contributed by atoms with Crippen molar-refractivity contribution in [2.45, 2.75) is 25.4 Å². The third-order valence-electron chi connectivity index (χ3n) is 2.56. The molecule has 1 aromatic heterocycles. The van der Waals surface area contributed by atoms with Gasteiger partial charge in [0.2, 0.25) is 0 Å². The minimum Gasteiger partial charge on any atom is -0.467 e. The van der Waals surface area contributed by atoms with Gasteiger partial charge in [0.15, 0.2) is 0 Å². The fourth-order valence-corrected chi connectivity index (χ4v) is 1.49. The van der Waals surface area contributed by atoms with Gasteiger partial charge in [-0.2, -0.15) is 9.97 Å². The molecule has 0 radical (unpaired) electrons. The quantitative estimate of drug-likeness (QED) is 0.771. The molecule has 16 heavy (non-hydrogen) atoms. The molecule has 88 valence electrons. The van der Waals surface area contributed by atoms with E-state index in [4.69, 9.17) is 9.47 Å². The van der Waals surface area contributed by atoms with Gasteiger partial charge in [0.25, 0.3) is 0 Å². The monoisotopic (exact) mass is 225 g/mol. The van der Waals surface area contributed by atoms with E-state index < -0.39 is 0 Å². The molecular weight excluding hydrogens is 210 g/mol. The van der Waals surface area contributed by atoms with Crippen molar-refractivity contribution in [2.75, 3.05) is 14.2 Å². The van der Waals surface area contributed by atoms with E-state index in [-0.39, 0.29) is 18.1 Å². The summed E-state index contributed by atoms with van der Waals surface area (Å²) in [6, 6.07) is 0.426. The molecule has 0 saturated heterocycles. The number of hydrogen-bond donors (Lipinski definition) is 1. The summed E-state index contributed by atoms with van der Waals surface area (Å²) in [5.41, 5.74) is 0. The van der Waals surface area contributed by atoms with E-state index in [9.17, 15) is 5.11 Å². The summed E-state index contributed by atoms with van der Waals surface area (Å²) in [5.74, 6) is 0.900. The maximum atomic E-state index is 9.79. The normalized spacial score (nSPS) is 16.9. The molecule has 0 bridgehead atoms. The van der Waals surface area contributed by atoms with Crippen molar-refractivity contribution in [3.63, 3.8) is 0 Å². The van der Waals surface area contributed by atoms with E-state index in [0.29, 0.717) is 18.2 Å².